The fraction of sp³-hybridized carbons (Fsp3) is 0.318. The first kappa shape index (κ1) is 23.0. The molecule has 1 fully saturated rings. The summed E-state index contributed by atoms with van der Waals surface area (Å²) in [5.74, 6) is -9.18. The fourth-order valence-corrected chi connectivity index (χ4v) is 5.54. The molecular formula is C22H21ClN2O8. The van der Waals surface area contributed by atoms with Crippen molar-refractivity contribution in [1.82, 2.24) is 4.90 Å². The van der Waals surface area contributed by atoms with Crippen molar-refractivity contribution in [2.24, 2.45) is 17.6 Å². The summed E-state index contributed by atoms with van der Waals surface area (Å²) in [7, 11) is 2.84. The molecule has 0 unspecified atom stereocenters. The van der Waals surface area contributed by atoms with Crippen LogP contribution in [0.25, 0.3) is 11.3 Å². The number of carbonyl (C=O) groups excluding carboxylic acids is 3. The van der Waals surface area contributed by atoms with Crippen LogP contribution in [0.5, 0.6) is 5.75 Å². The number of aromatic hydroxyl groups is 1. The van der Waals surface area contributed by atoms with Crippen molar-refractivity contribution in [3.05, 3.63) is 51.8 Å². The van der Waals surface area contributed by atoms with E-state index < -0.39 is 75.5 Å². The summed E-state index contributed by atoms with van der Waals surface area (Å²) in [5, 5.41) is 55.0. The van der Waals surface area contributed by atoms with E-state index in [-0.39, 0.29) is 21.7 Å². The number of halogens is 1. The number of phenols is 1. The Kier molecular flexibility index (Phi) is 4.99. The minimum atomic E-state index is -2.97. The number of rotatable bonds is 2. The standard InChI is InChI=1S/C22H21ClN2O8/c1-6-9-7(23)4-5-8(26)11(9)16(27)12-10(6)17(28)14-15(25(2)3)18(29)13(21(24)32)20(31)22(14,33)19(12)30/h4-5,10,14-15,17,26-28,31,33H,1H2,2-3H3,(H2,24,32)/t10-,14-,15+,17+,22+/m0/s1. The Balaban J connectivity index is 2.10. The molecule has 11 heteroatoms. The molecule has 1 saturated carbocycles. The van der Waals surface area contributed by atoms with Gasteiger partial charge in [-0.25, -0.2) is 0 Å². The molecule has 1 amide bonds. The first-order chi connectivity index (χ1) is 15.3. The number of hydrogen-bond donors (Lipinski definition) is 6. The summed E-state index contributed by atoms with van der Waals surface area (Å²) in [5.41, 5.74) is 0.634. The van der Waals surface area contributed by atoms with Gasteiger partial charge in [0.2, 0.25) is 5.78 Å². The van der Waals surface area contributed by atoms with E-state index in [1.54, 1.807) is 0 Å². The lowest BCUT2D eigenvalue weighted by molar-refractivity contribution is -0.166. The number of aliphatic hydroxyl groups excluding tert-OH is 3. The molecule has 33 heavy (non-hydrogen) atoms. The van der Waals surface area contributed by atoms with Crippen LogP contribution in [-0.2, 0) is 14.4 Å². The van der Waals surface area contributed by atoms with Crippen molar-refractivity contribution >= 4 is 40.4 Å². The molecular weight excluding hydrogens is 456 g/mol. The summed E-state index contributed by atoms with van der Waals surface area (Å²) in [6, 6.07) is 1.08. The molecule has 0 radical (unpaired) electrons. The highest BCUT2D eigenvalue weighted by Gasteiger charge is 2.68. The van der Waals surface area contributed by atoms with Crippen LogP contribution < -0.4 is 5.73 Å². The maximum atomic E-state index is 13.7. The first-order valence-electron chi connectivity index (χ1n) is 9.81. The molecule has 0 aliphatic heterocycles. The Morgan fingerprint density at radius 1 is 1.18 bits per heavy atom. The molecule has 4 rings (SSSR count). The second-order valence-corrected chi connectivity index (χ2v) is 8.96. The van der Waals surface area contributed by atoms with E-state index in [1.807, 2.05) is 0 Å². The van der Waals surface area contributed by atoms with Gasteiger partial charge in [0, 0.05) is 16.5 Å². The Bertz CT molecular complexity index is 1230. The lowest BCUT2D eigenvalue weighted by Gasteiger charge is -2.52. The maximum Gasteiger partial charge on any atom is 0.255 e. The van der Waals surface area contributed by atoms with Crippen LogP contribution >= 0.6 is 11.6 Å². The zero-order chi connectivity index (χ0) is 24.7. The molecule has 3 aliphatic carbocycles. The number of phenolic OH excluding ortho intramolecular Hbond substituents is 1. The highest BCUT2D eigenvalue weighted by atomic mass is 35.5. The van der Waals surface area contributed by atoms with E-state index in [0.717, 1.165) is 0 Å². The minimum absolute atomic E-state index is 0.0516. The summed E-state index contributed by atoms with van der Waals surface area (Å²) in [6.07, 6.45) is -1.75. The number of nitrogens with zero attached hydrogens (tertiary/aromatic N) is 1. The molecule has 0 bridgehead atoms. The second kappa shape index (κ2) is 7.16. The zero-order valence-corrected chi connectivity index (χ0v) is 18.3. The molecule has 1 aromatic carbocycles. The number of ketones is 2. The molecule has 5 atom stereocenters. The number of nitrogens with two attached hydrogens (primary N) is 1. The van der Waals surface area contributed by atoms with E-state index in [0.29, 0.717) is 0 Å². The van der Waals surface area contributed by atoms with Gasteiger partial charge in [-0.2, -0.15) is 0 Å². The topological polar surface area (TPSA) is 182 Å². The molecule has 3 aliphatic rings. The van der Waals surface area contributed by atoms with Crippen LogP contribution in [0.2, 0.25) is 5.02 Å². The number of Topliss-reactive ketones (excluding diaryl/α,β-unsaturated/α-hetero) is 2. The van der Waals surface area contributed by atoms with E-state index in [2.05, 4.69) is 6.58 Å². The molecule has 0 saturated heterocycles. The predicted octanol–water partition coefficient (Wildman–Crippen LogP) is 0.0589. The third kappa shape index (κ3) is 2.69. The Morgan fingerprint density at radius 2 is 1.79 bits per heavy atom. The van der Waals surface area contributed by atoms with Gasteiger partial charge in [-0.3, -0.25) is 19.3 Å². The number of benzene rings is 1. The predicted molar refractivity (Wildman–Crippen MR) is 116 cm³/mol. The lowest BCUT2D eigenvalue weighted by atomic mass is 9.55. The summed E-state index contributed by atoms with van der Waals surface area (Å²) in [4.78, 5) is 39.9. The molecule has 0 aromatic heterocycles. The molecule has 10 nitrogen and oxygen atoms in total. The highest BCUT2D eigenvalue weighted by Crippen LogP contribution is 2.56. The van der Waals surface area contributed by atoms with Gasteiger partial charge in [-0.05, 0) is 31.8 Å². The van der Waals surface area contributed by atoms with E-state index in [9.17, 15) is 39.9 Å². The Labute approximate surface area is 192 Å². The van der Waals surface area contributed by atoms with Crippen LogP contribution in [0.3, 0.4) is 0 Å². The molecule has 1 aromatic rings. The van der Waals surface area contributed by atoms with Gasteiger partial charge in [0.05, 0.1) is 29.2 Å². The quantitative estimate of drug-likeness (QED) is 0.321. The Hall–Kier alpha value is -3.18. The monoisotopic (exact) mass is 476 g/mol. The Morgan fingerprint density at radius 3 is 2.33 bits per heavy atom. The average molecular weight is 477 g/mol. The normalized spacial score (nSPS) is 31.5. The number of hydrogen-bond acceptors (Lipinski definition) is 9. The smallest absolute Gasteiger partial charge is 0.255 e. The zero-order valence-electron chi connectivity index (χ0n) is 17.5. The van der Waals surface area contributed by atoms with Crippen molar-refractivity contribution in [2.45, 2.75) is 17.7 Å². The lowest BCUT2D eigenvalue weighted by Crippen LogP contribution is -2.70. The van der Waals surface area contributed by atoms with Gasteiger partial charge >= 0.3 is 0 Å². The van der Waals surface area contributed by atoms with Gasteiger partial charge in [0.15, 0.2) is 11.4 Å². The number of aliphatic hydroxyl groups is 4. The fourth-order valence-electron chi connectivity index (χ4n) is 5.26. The number of amides is 1. The SMILES string of the molecule is C=C1c2c(Cl)ccc(O)c2C(O)=C2C(=O)[C@@]3(O)C(O)=C(C(N)=O)C(=O)[C@H](N(C)C)[C@H]3[C@H](O)[C@@H]12. The summed E-state index contributed by atoms with van der Waals surface area (Å²) >= 11 is 6.25. The number of primary amides is 1. The third-order valence-electron chi connectivity index (χ3n) is 6.67. The molecule has 0 heterocycles. The molecule has 7 N–H and O–H groups in total. The summed E-state index contributed by atoms with van der Waals surface area (Å²) < 4.78 is 0. The van der Waals surface area contributed by atoms with Gasteiger partial charge in [-0.15, -0.1) is 0 Å². The largest absolute Gasteiger partial charge is 0.508 e. The molecule has 0 spiro atoms. The number of carbonyl (C=O) groups is 3. The van der Waals surface area contributed by atoms with Crippen LogP contribution in [0.1, 0.15) is 11.1 Å². The minimum Gasteiger partial charge on any atom is -0.508 e. The van der Waals surface area contributed by atoms with Gasteiger partial charge in [0.25, 0.3) is 5.91 Å². The number of likely N-dealkylation sites (N-methyl/N-ethyl adjacent to an activating group) is 1. The van der Waals surface area contributed by atoms with E-state index in [4.69, 9.17) is 17.3 Å². The van der Waals surface area contributed by atoms with Crippen LogP contribution in [-0.4, -0.2) is 79.7 Å². The number of fused-ring (bicyclic) bond motifs is 3. The van der Waals surface area contributed by atoms with Crippen LogP contribution in [0, 0.1) is 11.8 Å². The van der Waals surface area contributed by atoms with Crippen molar-refractivity contribution in [3.8, 4) is 5.75 Å². The average Bonchev–Trinajstić information content (AvgIpc) is 2.72. The van der Waals surface area contributed by atoms with Gasteiger partial charge < -0.3 is 31.3 Å². The first-order valence-corrected chi connectivity index (χ1v) is 10.2. The maximum absolute atomic E-state index is 13.7. The summed E-state index contributed by atoms with van der Waals surface area (Å²) in [6.45, 7) is 3.89. The van der Waals surface area contributed by atoms with Crippen LogP contribution in [0.4, 0.5) is 0 Å². The second-order valence-electron chi connectivity index (χ2n) is 8.55. The third-order valence-corrected chi connectivity index (χ3v) is 6.99. The van der Waals surface area contributed by atoms with Crippen molar-refractivity contribution in [2.75, 3.05) is 14.1 Å². The van der Waals surface area contributed by atoms with Crippen molar-refractivity contribution < 1.29 is 39.9 Å². The van der Waals surface area contributed by atoms with Gasteiger partial charge in [0.1, 0.15) is 22.8 Å². The van der Waals surface area contributed by atoms with Crippen molar-refractivity contribution in [3.63, 3.8) is 0 Å². The van der Waals surface area contributed by atoms with Gasteiger partial charge in [-0.1, -0.05) is 18.2 Å². The highest BCUT2D eigenvalue weighted by molar-refractivity contribution is 6.33. The molecule has 174 valence electrons. The van der Waals surface area contributed by atoms with Crippen molar-refractivity contribution in [1.29, 1.82) is 0 Å². The van der Waals surface area contributed by atoms with Crippen LogP contribution in [0.15, 0.2) is 35.6 Å². The van der Waals surface area contributed by atoms with E-state index in [1.165, 1.54) is 31.1 Å². The van der Waals surface area contributed by atoms with E-state index >= 15 is 0 Å².